The van der Waals surface area contributed by atoms with E-state index in [1.54, 1.807) is 0 Å². The third-order valence-electron chi connectivity index (χ3n) is 11.8. The number of hydrogen-bond acceptors (Lipinski definition) is 1. The number of nitriles is 1. The monoisotopic (exact) mass is 689 g/mol. The van der Waals surface area contributed by atoms with Crippen LogP contribution in [0.1, 0.15) is 57.1 Å². The van der Waals surface area contributed by atoms with Gasteiger partial charge in [0.05, 0.1) is 17.2 Å². The second-order valence-electron chi connectivity index (χ2n) is 15.8. The summed E-state index contributed by atoms with van der Waals surface area (Å²) in [6.07, 6.45) is 12.8. The molecular formula is C49H45N4+3. The van der Waals surface area contributed by atoms with E-state index in [9.17, 15) is 5.26 Å². The highest BCUT2D eigenvalue weighted by Gasteiger charge is 2.45. The van der Waals surface area contributed by atoms with Gasteiger partial charge in [-0.15, -0.1) is 0 Å². The van der Waals surface area contributed by atoms with Gasteiger partial charge in [0.15, 0.2) is 0 Å². The van der Waals surface area contributed by atoms with Crippen LogP contribution in [-0.2, 0) is 5.41 Å². The first-order valence-electron chi connectivity index (χ1n) is 19.1. The first kappa shape index (κ1) is 33.0. The van der Waals surface area contributed by atoms with Gasteiger partial charge in [0, 0.05) is 30.3 Å². The molecule has 4 heteroatoms. The number of nitrogens with zero attached hydrogens (tertiary/aromatic N) is 4. The van der Waals surface area contributed by atoms with Gasteiger partial charge in [-0.25, -0.2) is 0 Å². The van der Waals surface area contributed by atoms with Crippen LogP contribution in [0.2, 0.25) is 0 Å². The Morgan fingerprint density at radius 3 is 2.02 bits per heavy atom. The molecule has 9 rings (SSSR count). The molecule has 2 fully saturated rings. The summed E-state index contributed by atoms with van der Waals surface area (Å²) in [6.45, 7) is 4.87. The van der Waals surface area contributed by atoms with E-state index in [4.69, 9.17) is 0 Å². The number of aromatic nitrogens is 3. The molecule has 0 N–H and O–H groups in total. The summed E-state index contributed by atoms with van der Waals surface area (Å²) < 4.78 is 6.62. The first-order chi connectivity index (χ1) is 25.9. The van der Waals surface area contributed by atoms with Crippen molar-refractivity contribution in [3.8, 4) is 45.4 Å². The molecule has 2 saturated carbocycles. The Balaban J connectivity index is 1.19. The lowest BCUT2D eigenvalue weighted by atomic mass is 9.54. The smallest absolute Gasteiger partial charge is 0.192 e. The highest BCUT2D eigenvalue weighted by Crippen LogP contribution is 2.54. The lowest BCUT2D eigenvalue weighted by Gasteiger charge is -2.50. The van der Waals surface area contributed by atoms with Crippen LogP contribution in [0.25, 0.3) is 50.1 Å². The minimum absolute atomic E-state index is 0.130. The van der Waals surface area contributed by atoms with Crippen LogP contribution >= 0.6 is 0 Å². The molecule has 0 spiro atoms. The highest BCUT2D eigenvalue weighted by atomic mass is 15.2. The molecule has 0 radical (unpaired) electrons. The van der Waals surface area contributed by atoms with Crippen molar-refractivity contribution in [2.75, 3.05) is 0 Å². The average molecular weight is 690 g/mol. The molecule has 4 nitrogen and oxygen atoms in total. The van der Waals surface area contributed by atoms with E-state index in [0.717, 1.165) is 39.7 Å². The molecule has 53 heavy (non-hydrogen) atoms. The van der Waals surface area contributed by atoms with Gasteiger partial charge in [0.25, 0.3) is 0 Å². The summed E-state index contributed by atoms with van der Waals surface area (Å²) in [4.78, 5) is 0. The van der Waals surface area contributed by atoms with Gasteiger partial charge in [-0.2, -0.15) is 5.26 Å². The maximum Gasteiger partial charge on any atom is 0.428 e. The largest absolute Gasteiger partial charge is 0.428 e. The Labute approximate surface area is 312 Å². The number of benzene rings is 6. The van der Waals surface area contributed by atoms with Gasteiger partial charge in [-0.1, -0.05) is 119 Å². The van der Waals surface area contributed by atoms with Crippen molar-refractivity contribution in [2.45, 2.75) is 51.4 Å². The molecular weight excluding hydrogens is 645 g/mol. The molecule has 2 aliphatic rings. The summed E-state index contributed by atoms with van der Waals surface area (Å²) >= 11 is 0. The van der Waals surface area contributed by atoms with E-state index in [0.29, 0.717) is 11.8 Å². The Morgan fingerprint density at radius 1 is 0.566 bits per heavy atom. The molecule has 0 saturated heterocycles. The minimum atomic E-state index is 0.130. The van der Waals surface area contributed by atoms with Crippen LogP contribution in [0.3, 0.4) is 0 Å². The molecule has 258 valence electrons. The maximum absolute atomic E-state index is 10.4. The fourth-order valence-corrected chi connectivity index (χ4v) is 9.95. The van der Waals surface area contributed by atoms with E-state index < -0.39 is 0 Å². The fraction of sp³-hybridized carbons (Fsp3) is 0.224. The van der Waals surface area contributed by atoms with Crippen LogP contribution in [0, 0.1) is 29.1 Å². The van der Waals surface area contributed by atoms with Crippen LogP contribution < -0.4 is 13.7 Å². The van der Waals surface area contributed by atoms with Crippen molar-refractivity contribution in [3.05, 3.63) is 170 Å². The molecule has 2 aliphatic carbocycles. The van der Waals surface area contributed by atoms with Crippen LogP contribution in [0.4, 0.5) is 0 Å². The molecule has 2 unspecified atom stereocenters. The average Bonchev–Trinajstić information content (AvgIpc) is 3.20. The third kappa shape index (κ3) is 6.31. The molecule has 7 aromatic rings. The van der Waals surface area contributed by atoms with E-state index in [1.807, 2.05) is 0 Å². The van der Waals surface area contributed by atoms with Crippen LogP contribution in [0.15, 0.2) is 159 Å². The number of fused-ring (bicyclic) bond motifs is 3. The zero-order valence-electron chi connectivity index (χ0n) is 30.6. The molecule has 1 heterocycles. The zero-order chi connectivity index (χ0) is 35.9. The van der Waals surface area contributed by atoms with E-state index in [1.165, 1.54) is 59.6 Å². The predicted molar refractivity (Wildman–Crippen MR) is 211 cm³/mol. The summed E-state index contributed by atoms with van der Waals surface area (Å²) in [5, 5.41) is 12.8. The molecule has 0 aliphatic heterocycles. The lowest BCUT2D eigenvalue weighted by Crippen LogP contribution is -2.55. The number of para-hydroxylation sites is 2. The van der Waals surface area contributed by atoms with Gasteiger partial charge in [0.2, 0.25) is 17.1 Å². The predicted octanol–water partition coefficient (Wildman–Crippen LogP) is 9.98. The Hall–Kier alpha value is -5.92. The molecule has 4 atom stereocenters. The second-order valence-corrected chi connectivity index (χ2v) is 15.8. The molecule has 1 aromatic heterocycles. The zero-order valence-corrected chi connectivity index (χ0v) is 30.6. The van der Waals surface area contributed by atoms with Gasteiger partial charge in [-0.05, 0) is 106 Å². The van der Waals surface area contributed by atoms with Crippen molar-refractivity contribution in [3.63, 3.8) is 0 Å². The molecule has 6 aromatic carbocycles. The number of rotatable bonds is 6. The Morgan fingerprint density at radius 2 is 1.21 bits per heavy atom. The summed E-state index contributed by atoms with van der Waals surface area (Å²) in [5.74, 6) is 2.17. The topological polar surface area (TPSA) is 35.4 Å². The molecule has 2 bridgehead atoms. The van der Waals surface area contributed by atoms with Gasteiger partial charge < -0.3 is 0 Å². The standard InChI is InChI=1S/C49H45N4/c1-35-22-37-23-36(2)29-49(28-35,30-37)42-25-38(31-50)24-41(26-42)47-19-8-9-21-48(47)53-33-51(43-15-4-3-5-16-43)32-52(34-53)44-17-10-14-40(27-44)46-20-11-13-39-12-6-7-18-45(39)46/h3-21,24-27,32-37H,22-23,28-30H2,1-2H3/q+3/t35-,36+,37?,49?. The van der Waals surface area contributed by atoms with Gasteiger partial charge in [0.1, 0.15) is 0 Å². The van der Waals surface area contributed by atoms with Gasteiger partial charge in [-0.3, -0.25) is 0 Å². The van der Waals surface area contributed by atoms with E-state index in [-0.39, 0.29) is 5.41 Å². The first-order valence-corrected chi connectivity index (χ1v) is 19.1. The van der Waals surface area contributed by atoms with Crippen molar-refractivity contribution < 1.29 is 13.7 Å². The summed E-state index contributed by atoms with van der Waals surface area (Å²) in [5.41, 5.74) is 10.0. The Kier molecular flexibility index (Phi) is 8.43. The van der Waals surface area contributed by atoms with Gasteiger partial charge >= 0.3 is 19.0 Å². The van der Waals surface area contributed by atoms with Crippen molar-refractivity contribution in [1.29, 1.82) is 5.26 Å². The maximum atomic E-state index is 10.4. The number of hydrogen-bond donors (Lipinski definition) is 0. The molecule has 0 amide bonds. The van der Waals surface area contributed by atoms with Crippen molar-refractivity contribution >= 4 is 10.8 Å². The third-order valence-corrected chi connectivity index (χ3v) is 11.8. The van der Waals surface area contributed by atoms with Crippen LogP contribution in [0.5, 0.6) is 0 Å². The van der Waals surface area contributed by atoms with Crippen molar-refractivity contribution in [2.24, 2.45) is 17.8 Å². The van der Waals surface area contributed by atoms with Crippen molar-refractivity contribution in [1.82, 2.24) is 0 Å². The quantitative estimate of drug-likeness (QED) is 0.160. The summed E-state index contributed by atoms with van der Waals surface area (Å²) in [6, 6.07) is 52.3. The second kappa shape index (κ2) is 13.6. The highest BCUT2D eigenvalue weighted by molar-refractivity contribution is 5.96. The lowest BCUT2D eigenvalue weighted by molar-refractivity contribution is -0.858. The van der Waals surface area contributed by atoms with Crippen LogP contribution in [-0.4, -0.2) is 0 Å². The SMILES string of the molecule is C[C@@H]1CC2C[C@H](C)CC(c3cc(C#N)cc(-c4ccccc4-[n+]4c[n+](-c5ccccc5)c[n+](-c5cccc(-c6cccc7ccccc67)c5)c4)c3)(C2)C1. The van der Waals surface area contributed by atoms with E-state index in [2.05, 4.69) is 192 Å². The minimum Gasteiger partial charge on any atom is -0.192 e. The normalized spacial score (nSPS) is 20.9. The van der Waals surface area contributed by atoms with E-state index >= 15 is 0 Å². The summed E-state index contributed by atoms with van der Waals surface area (Å²) in [7, 11) is 0. The Bertz CT molecular complexity index is 2490. The fourth-order valence-electron chi connectivity index (χ4n) is 9.95.